The lowest BCUT2D eigenvalue weighted by atomic mass is 10.0. The molecule has 0 aliphatic heterocycles. The molecule has 0 radical (unpaired) electrons. The number of aromatic nitrogens is 2. The first kappa shape index (κ1) is 22.3. The summed E-state index contributed by atoms with van der Waals surface area (Å²) in [5.74, 6) is 0.268. The second-order valence-corrected chi connectivity index (χ2v) is 7.83. The van der Waals surface area contributed by atoms with E-state index in [1.54, 1.807) is 38.1 Å². The third-order valence-corrected chi connectivity index (χ3v) is 4.41. The van der Waals surface area contributed by atoms with Gasteiger partial charge in [0.05, 0.1) is 17.8 Å². The fraction of sp³-hybridized carbons (Fsp3) is 0.476. The normalized spacial score (nSPS) is 11.6. The number of ketones is 1. The molecule has 1 N–H and O–H groups in total. The van der Waals surface area contributed by atoms with Gasteiger partial charge in [0.2, 0.25) is 0 Å². The highest BCUT2D eigenvalue weighted by Gasteiger charge is 2.17. The Labute approximate surface area is 170 Å². The number of hydrogen-bond acceptors (Lipinski definition) is 5. The van der Waals surface area contributed by atoms with Gasteiger partial charge in [-0.25, -0.2) is 4.98 Å². The minimum Gasteiger partial charge on any atom is -0.390 e. The maximum Gasteiger partial charge on any atom is 0.254 e. The van der Waals surface area contributed by atoms with Crippen LogP contribution in [0.25, 0.3) is 11.3 Å². The SMILES string of the molecule is CCCOCc1nc(-c2ccc(Cl)cc2)cc(=O)n1CC(=O)CCC(C)(C)O. The Bertz CT molecular complexity index is 854. The average molecular weight is 407 g/mol. The van der Waals surface area contributed by atoms with Crippen molar-refractivity contribution in [2.45, 2.75) is 58.8 Å². The van der Waals surface area contributed by atoms with Crippen molar-refractivity contribution >= 4 is 17.4 Å². The van der Waals surface area contributed by atoms with Crippen molar-refractivity contribution in [3.05, 3.63) is 51.5 Å². The maximum atomic E-state index is 12.7. The Balaban J connectivity index is 2.30. The number of nitrogens with zero attached hydrogens (tertiary/aromatic N) is 2. The molecule has 1 aromatic carbocycles. The minimum absolute atomic E-state index is 0.0897. The molecule has 28 heavy (non-hydrogen) atoms. The van der Waals surface area contributed by atoms with E-state index in [0.29, 0.717) is 29.6 Å². The molecule has 0 saturated carbocycles. The van der Waals surface area contributed by atoms with E-state index in [1.165, 1.54) is 10.6 Å². The van der Waals surface area contributed by atoms with Crippen molar-refractivity contribution < 1.29 is 14.6 Å². The Morgan fingerprint density at radius 1 is 1.29 bits per heavy atom. The summed E-state index contributed by atoms with van der Waals surface area (Å²) in [5.41, 5.74) is 0.0343. The molecule has 0 fully saturated rings. The predicted molar refractivity (Wildman–Crippen MR) is 109 cm³/mol. The number of hydrogen-bond donors (Lipinski definition) is 1. The summed E-state index contributed by atoms with van der Waals surface area (Å²) in [7, 11) is 0. The Morgan fingerprint density at radius 2 is 1.96 bits per heavy atom. The van der Waals surface area contributed by atoms with Crippen molar-refractivity contribution in [1.29, 1.82) is 0 Å². The molecule has 0 spiro atoms. The maximum absolute atomic E-state index is 12.7. The van der Waals surface area contributed by atoms with Gasteiger partial charge >= 0.3 is 0 Å². The van der Waals surface area contributed by atoms with Gasteiger partial charge in [-0.2, -0.15) is 0 Å². The highest BCUT2D eigenvalue weighted by atomic mass is 35.5. The van der Waals surface area contributed by atoms with Crippen LogP contribution in [0.5, 0.6) is 0 Å². The van der Waals surface area contributed by atoms with Gasteiger partial charge in [0.1, 0.15) is 12.4 Å². The van der Waals surface area contributed by atoms with Crippen molar-refractivity contribution in [2.24, 2.45) is 0 Å². The van der Waals surface area contributed by atoms with Crippen LogP contribution in [-0.2, 0) is 22.7 Å². The number of rotatable bonds is 10. The zero-order chi connectivity index (χ0) is 20.7. The van der Waals surface area contributed by atoms with Crippen molar-refractivity contribution in [1.82, 2.24) is 9.55 Å². The van der Waals surface area contributed by atoms with Crippen LogP contribution in [0.2, 0.25) is 5.02 Å². The number of carbonyl (C=O) groups excluding carboxylic acids is 1. The van der Waals surface area contributed by atoms with E-state index in [0.717, 1.165) is 12.0 Å². The zero-order valence-electron chi connectivity index (χ0n) is 16.6. The molecular formula is C21H27ClN2O4. The Hall–Kier alpha value is -2.02. The summed E-state index contributed by atoms with van der Waals surface area (Å²) in [4.78, 5) is 29.6. The second kappa shape index (κ2) is 9.96. The van der Waals surface area contributed by atoms with Crippen LogP contribution in [0, 0.1) is 0 Å². The molecule has 0 saturated heterocycles. The molecule has 1 aromatic heterocycles. The van der Waals surface area contributed by atoms with Crippen LogP contribution in [0.15, 0.2) is 35.1 Å². The van der Waals surface area contributed by atoms with Gasteiger partial charge in [-0.05, 0) is 38.8 Å². The summed E-state index contributed by atoms with van der Waals surface area (Å²) in [6, 6.07) is 8.46. The number of ether oxygens (including phenoxy) is 1. The molecule has 2 rings (SSSR count). The lowest BCUT2D eigenvalue weighted by Gasteiger charge is -2.17. The third-order valence-electron chi connectivity index (χ3n) is 4.16. The lowest BCUT2D eigenvalue weighted by molar-refractivity contribution is -0.120. The molecule has 0 aliphatic carbocycles. The zero-order valence-corrected chi connectivity index (χ0v) is 17.3. The summed E-state index contributed by atoms with van der Waals surface area (Å²) >= 11 is 5.93. The van der Waals surface area contributed by atoms with Crippen molar-refractivity contribution in [3.8, 4) is 11.3 Å². The van der Waals surface area contributed by atoms with Crippen LogP contribution in [0.1, 0.15) is 45.9 Å². The second-order valence-electron chi connectivity index (χ2n) is 7.39. The highest BCUT2D eigenvalue weighted by molar-refractivity contribution is 6.30. The molecule has 0 atom stereocenters. The van der Waals surface area contributed by atoms with E-state index in [9.17, 15) is 14.7 Å². The van der Waals surface area contributed by atoms with E-state index < -0.39 is 5.60 Å². The smallest absolute Gasteiger partial charge is 0.254 e. The average Bonchev–Trinajstić information content (AvgIpc) is 2.62. The van der Waals surface area contributed by atoms with E-state index >= 15 is 0 Å². The summed E-state index contributed by atoms with van der Waals surface area (Å²) < 4.78 is 6.92. The lowest BCUT2D eigenvalue weighted by Crippen LogP contribution is -2.29. The van der Waals surface area contributed by atoms with Gasteiger partial charge in [-0.1, -0.05) is 30.7 Å². The Kier molecular flexibility index (Phi) is 7.92. The number of Topliss-reactive ketones (excluding diaryl/α,β-unsaturated/α-hetero) is 1. The molecule has 2 aromatic rings. The van der Waals surface area contributed by atoms with Gasteiger partial charge in [-0.15, -0.1) is 0 Å². The molecule has 0 amide bonds. The van der Waals surface area contributed by atoms with Crippen molar-refractivity contribution in [2.75, 3.05) is 6.61 Å². The quantitative estimate of drug-likeness (QED) is 0.609. The fourth-order valence-corrected chi connectivity index (χ4v) is 2.74. The van der Waals surface area contributed by atoms with Crippen LogP contribution >= 0.6 is 11.6 Å². The molecule has 1 heterocycles. The molecule has 0 bridgehead atoms. The molecular weight excluding hydrogens is 380 g/mol. The summed E-state index contributed by atoms with van der Waals surface area (Å²) in [5, 5.41) is 10.4. The van der Waals surface area contributed by atoms with Gasteiger partial charge < -0.3 is 9.84 Å². The van der Waals surface area contributed by atoms with Crippen LogP contribution in [-0.4, -0.2) is 32.6 Å². The molecule has 152 valence electrons. The summed E-state index contributed by atoms with van der Waals surface area (Å²) in [6.45, 7) is 5.88. The van der Waals surface area contributed by atoms with Gasteiger partial charge in [0, 0.05) is 29.7 Å². The standard InChI is InChI=1S/C21H27ClN2O4/c1-4-11-28-14-19-23-18(15-5-7-16(22)8-6-15)12-20(26)24(19)13-17(25)9-10-21(2,3)27/h5-8,12,27H,4,9-11,13-14H2,1-3H3. The monoisotopic (exact) mass is 406 g/mol. The van der Waals surface area contributed by atoms with Crippen LogP contribution in [0.3, 0.4) is 0 Å². The minimum atomic E-state index is -0.926. The van der Waals surface area contributed by atoms with E-state index in [1.807, 2.05) is 6.92 Å². The topological polar surface area (TPSA) is 81.4 Å². The summed E-state index contributed by atoms with van der Waals surface area (Å²) in [6.07, 6.45) is 1.36. The first-order chi connectivity index (χ1) is 13.2. The molecule has 0 unspecified atom stereocenters. The van der Waals surface area contributed by atoms with Gasteiger partial charge in [0.25, 0.3) is 5.56 Å². The number of halogens is 1. The molecule has 7 heteroatoms. The first-order valence-electron chi connectivity index (χ1n) is 9.38. The van der Waals surface area contributed by atoms with E-state index in [2.05, 4.69) is 4.98 Å². The van der Waals surface area contributed by atoms with E-state index in [-0.39, 0.29) is 30.9 Å². The van der Waals surface area contributed by atoms with Crippen molar-refractivity contribution in [3.63, 3.8) is 0 Å². The number of benzene rings is 1. The largest absolute Gasteiger partial charge is 0.390 e. The fourth-order valence-electron chi connectivity index (χ4n) is 2.61. The highest BCUT2D eigenvalue weighted by Crippen LogP contribution is 2.19. The van der Waals surface area contributed by atoms with Crippen LogP contribution in [0.4, 0.5) is 0 Å². The number of aliphatic hydroxyl groups is 1. The number of carbonyl (C=O) groups is 1. The third kappa shape index (κ3) is 6.86. The van der Waals surface area contributed by atoms with Gasteiger partial charge in [-0.3, -0.25) is 14.2 Å². The Morgan fingerprint density at radius 3 is 2.57 bits per heavy atom. The predicted octanol–water partition coefficient (Wildman–Crippen LogP) is 3.61. The molecule has 6 nitrogen and oxygen atoms in total. The van der Waals surface area contributed by atoms with E-state index in [4.69, 9.17) is 16.3 Å². The first-order valence-corrected chi connectivity index (χ1v) is 9.76. The molecule has 0 aliphatic rings. The van der Waals surface area contributed by atoms with Crippen LogP contribution < -0.4 is 5.56 Å². The van der Waals surface area contributed by atoms with Gasteiger partial charge in [0.15, 0.2) is 5.78 Å².